The summed E-state index contributed by atoms with van der Waals surface area (Å²) in [5.41, 5.74) is 6.35. The van der Waals surface area contributed by atoms with Crippen molar-refractivity contribution in [2.75, 3.05) is 13.7 Å². The standard InChI is InChI=1S/C54H56O9/c1-57-47-26-24-44(32-45(47)49(55)43-23-25-46-42(31-43)27-30-53(62-46)28-14-29-53)54(56)52(61-36-41-21-12-5-13-22-41)51(60-35-40-19-10-4-11-20-40)50(59-34-39-17-8-3-9-18-39)48(63-54)37-58-33-38-15-6-2-7-16-38/h2-13,15-26,31-32,48-52,55-56H,14,27-30,33-37H2,1H3/t48-,49?,50-,51+,52-,54?/m1/s1. The fourth-order valence-corrected chi connectivity index (χ4v) is 9.07. The van der Waals surface area contributed by atoms with Crippen molar-refractivity contribution in [3.8, 4) is 11.5 Å². The van der Waals surface area contributed by atoms with Crippen LogP contribution in [0.2, 0.25) is 0 Å². The summed E-state index contributed by atoms with van der Waals surface area (Å²) in [7, 11) is 1.57. The van der Waals surface area contributed by atoms with Crippen molar-refractivity contribution in [1.82, 2.24) is 0 Å². The zero-order valence-electron chi connectivity index (χ0n) is 35.7. The Morgan fingerprint density at radius 2 is 1.21 bits per heavy atom. The molecular weight excluding hydrogens is 793 g/mol. The molecule has 9 heteroatoms. The molecule has 3 aliphatic rings. The Morgan fingerprint density at radius 1 is 0.635 bits per heavy atom. The van der Waals surface area contributed by atoms with Gasteiger partial charge in [-0.25, -0.2) is 0 Å². The zero-order valence-corrected chi connectivity index (χ0v) is 35.7. The number of hydrogen-bond donors (Lipinski definition) is 2. The van der Waals surface area contributed by atoms with E-state index in [4.69, 9.17) is 33.2 Å². The maximum atomic E-state index is 13.4. The van der Waals surface area contributed by atoms with Gasteiger partial charge in [-0.2, -0.15) is 0 Å². The summed E-state index contributed by atoms with van der Waals surface area (Å²) < 4.78 is 46.3. The van der Waals surface area contributed by atoms with Crippen LogP contribution in [0, 0.1) is 0 Å². The van der Waals surface area contributed by atoms with E-state index in [-0.39, 0.29) is 32.0 Å². The molecule has 0 bridgehead atoms. The predicted octanol–water partition coefficient (Wildman–Crippen LogP) is 9.54. The van der Waals surface area contributed by atoms with E-state index in [2.05, 4.69) is 0 Å². The summed E-state index contributed by atoms with van der Waals surface area (Å²) in [5.74, 6) is -0.795. The van der Waals surface area contributed by atoms with Gasteiger partial charge in [-0.05, 0) is 95.8 Å². The maximum Gasteiger partial charge on any atom is 0.222 e. The van der Waals surface area contributed by atoms with E-state index in [0.29, 0.717) is 29.0 Å². The second-order valence-electron chi connectivity index (χ2n) is 17.0. The Labute approximate surface area is 370 Å². The smallest absolute Gasteiger partial charge is 0.222 e. The van der Waals surface area contributed by atoms with E-state index >= 15 is 0 Å². The van der Waals surface area contributed by atoms with Crippen molar-refractivity contribution < 1.29 is 43.4 Å². The lowest BCUT2D eigenvalue weighted by atomic mass is 9.74. The van der Waals surface area contributed by atoms with E-state index in [1.54, 1.807) is 25.3 Å². The highest BCUT2D eigenvalue weighted by molar-refractivity contribution is 5.48. The summed E-state index contributed by atoms with van der Waals surface area (Å²) in [6.45, 7) is 1.00. The van der Waals surface area contributed by atoms with Gasteiger partial charge < -0.3 is 43.4 Å². The molecule has 0 aromatic heterocycles. The molecule has 2 aliphatic heterocycles. The summed E-state index contributed by atoms with van der Waals surface area (Å²) in [5, 5.41) is 25.6. The summed E-state index contributed by atoms with van der Waals surface area (Å²) in [6, 6.07) is 50.7. The number of aliphatic hydroxyl groups excluding tert-OH is 1. The highest BCUT2D eigenvalue weighted by Crippen LogP contribution is 2.47. The van der Waals surface area contributed by atoms with Crippen LogP contribution in [0.1, 0.15) is 76.3 Å². The van der Waals surface area contributed by atoms with Gasteiger partial charge in [0.05, 0.1) is 40.1 Å². The molecule has 326 valence electrons. The third-order valence-electron chi connectivity index (χ3n) is 12.7. The molecule has 0 radical (unpaired) electrons. The number of aryl methyl sites for hydroxylation is 1. The first kappa shape index (κ1) is 42.9. The lowest BCUT2D eigenvalue weighted by molar-refractivity contribution is -0.378. The van der Waals surface area contributed by atoms with Crippen molar-refractivity contribution in [3.63, 3.8) is 0 Å². The molecule has 6 aromatic carbocycles. The quantitative estimate of drug-likeness (QED) is 0.0929. The first-order chi connectivity index (χ1) is 30.9. The van der Waals surface area contributed by atoms with Crippen LogP contribution < -0.4 is 9.47 Å². The number of fused-ring (bicyclic) bond motifs is 1. The largest absolute Gasteiger partial charge is 0.496 e. The number of ether oxygens (including phenoxy) is 7. The maximum absolute atomic E-state index is 13.4. The SMILES string of the molecule is COc1ccc(C2(O)O[C@H](COCc3ccccc3)[C@@H](OCc3ccccc3)[C@H](OCc3ccccc3)[C@H]2OCc2ccccc2)cc1C(O)c1ccc2c(c1)CCC1(CCC1)O2. The number of hydrogen-bond acceptors (Lipinski definition) is 9. The molecule has 2 unspecified atom stereocenters. The van der Waals surface area contributed by atoms with Gasteiger partial charge in [0, 0.05) is 11.1 Å². The minimum absolute atomic E-state index is 0.0437. The molecule has 1 saturated heterocycles. The van der Waals surface area contributed by atoms with Crippen LogP contribution in [0.5, 0.6) is 11.5 Å². The van der Waals surface area contributed by atoms with Crippen LogP contribution in [-0.4, -0.2) is 53.9 Å². The van der Waals surface area contributed by atoms with Crippen LogP contribution in [0.25, 0.3) is 0 Å². The first-order valence-electron chi connectivity index (χ1n) is 22.1. The molecule has 9 nitrogen and oxygen atoms in total. The Kier molecular flexibility index (Phi) is 13.3. The molecule has 0 amide bonds. The van der Waals surface area contributed by atoms with Gasteiger partial charge in [-0.3, -0.25) is 0 Å². The van der Waals surface area contributed by atoms with E-state index in [1.807, 2.05) is 140 Å². The van der Waals surface area contributed by atoms with Crippen molar-refractivity contribution in [3.05, 3.63) is 202 Å². The molecular formula is C54H56O9. The van der Waals surface area contributed by atoms with Gasteiger partial charge >= 0.3 is 0 Å². The van der Waals surface area contributed by atoms with E-state index < -0.39 is 36.3 Å². The van der Waals surface area contributed by atoms with Gasteiger partial charge in [-0.1, -0.05) is 127 Å². The van der Waals surface area contributed by atoms with Crippen molar-refractivity contribution in [2.45, 2.75) is 100 Å². The Balaban J connectivity index is 1.10. The van der Waals surface area contributed by atoms with Gasteiger partial charge in [-0.15, -0.1) is 0 Å². The summed E-state index contributed by atoms with van der Waals surface area (Å²) in [4.78, 5) is 0. The van der Waals surface area contributed by atoms with Crippen molar-refractivity contribution >= 4 is 0 Å². The van der Waals surface area contributed by atoms with Crippen molar-refractivity contribution in [2.24, 2.45) is 0 Å². The molecule has 63 heavy (non-hydrogen) atoms. The van der Waals surface area contributed by atoms with Gasteiger partial charge in [0.25, 0.3) is 0 Å². The molecule has 2 fully saturated rings. The average Bonchev–Trinajstić information content (AvgIpc) is 3.32. The third kappa shape index (κ3) is 9.76. The topological polar surface area (TPSA) is 105 Å². The number of benzene rings is 6. The molecule has 6 aromatic rings. The monoisotopic (exact) mass is 848 g/mol. The molecule has 6 atom stereocenters. The molecule has 1 aliphatic carbocycles. The highest BCUT2D eigenvalue weighted by atomic mass is 16.7. The zero-order chi connectivity index (χ0) is 43.1. The molecule has 9 rings (SSSR count). The van der Waals surface area contributed by atoms with Gasteiger partial charge in [0.2, 0.25) is 5.79 Å². The molecule has 2 N–H and O–H groups in total. The van der Waals surface area contributed by atoms with Crippen LogP contribution in [0.3, 0.4) is 0 Å². The van der Waals surface area contributed by atoms with Crippen LogP contribution in [-0.2, 0) is 62.3 Å². The number of rotatable bonds is 17. The molecule has 1 spiro atoms. The van der Waals surface area contributed by atoms with Crippen molar-refractivity contribution in [1.29, 1.82) is 0 Å². The third-order valence-corrected chi connectivity index (χ3v) is 12.7. The lowest BCUT2D eigenvalue weighted by Crippen LogP contribution is -2.65. The number of methoxy groups -OCH3 is 1. The van der Waals surface area contributed by atoms with Crippen LogP contribution >= 0.6 is 0 Å². The van der Waals surface area contributed by atoms with Crippen LogP contribution in [0.15, 0.2) is 158 Å². The second-order valence-corrected chi connectivity index (χ2v) is 17.0. The predicted molar refractivity (Wildman–Crippen MR) is 239 cm³/mol. The minimum Gasteiger partial charge on any atom is -0.496 e. The van der Waals surface area contributed by atoms with E-state index in [1.165, 1.54) is 6.42 Å². The van der Waals surface area contributed by atoms with Gasteiger partial charge in [0.15, 0.2) is 0 Å². The summed E-state index contributed by atoms with van der Waals surface area (Å²) in [6.07, 6.45) is 0.499. The molecule has 1 saturated carbocycles. The highest BCUT2D eigenvalue weighted by Gasteiger charge is 2.57. The second kappa shape index (κ2) is 19.6. The average molecular weight is 849 g/mol. The minimum atomic E-state index is -2.13. The van der Waals surface area contributed by atoms with E-state index in [0.717, 1.165) is 59.3 Å². The van der Waals surface area contributed by atoms with Crippen LogP contribution in [0.4, 0.5) is 0 Å². The summed E-state index contributed by atoms with van der Waals surface area (Å²) >= 11 is 0. The number of aliphatic hydroxyl groups is 2. The molecule has 2 heterocycles. The normalized spacial score (nSPS) is 23.0. The van der Waals surface area contributed by atoms with E-state index in [9.17, 15) is 10.2 Å². The lowest BCUT2D eigenvalue weighted by Gasteiger charge is -2.50. The fourth-order valence-electron chi connectivity index (χ4n) is 9.07. The Hall–Kier alpha value is -5.36. The Morgan fingerprint density at radius 3 is 1.78 bits per heavy atom. The first-order valence-corrected chi connectivity index (χ1v) is 22.1. The fraction of sp³-hybridized carbons (Fsp3) is 0.333. The Bertz CT molecular complexity index is 2370. The van der Waals surface area contributed by atoms with Gasteiger partial charge in [0.1, 0.15) is 47.6 Å².